The molecule has 1 saturated heterocycles. The van der Waals surface area contributed by atoms with Crippen molar-refractivity contribution < 1.29 is 28.5 Å². The van der Waals surface area contributed by atoms with Gasteiger partial charge in [-0.15, -0.1) is 0 Å². The number of methoxy groups -OCH3 is 3. The van der Waals surface area contributed by atoms with Gasteiger partial charge in [0.1, 0.15) is 22.9 Å². The minimum Gasteiger partial charge on any atom is -0.497 e. The molecule has 0 spiro atoms. The van der Waals surface area contributed by atoms with Crippen LogP contribution < -0.4 is 35.0 Å². The molecule has 7 rings (SSSR count). The molecule has 3 aromatic heterocycles. The fraction of sp³-hybridized carbons (Fsp3) is 0.256. The molecule has 0 radical (unpaired) electrons. The highest BCUT2D eigenvalue weighted by molar-refractivity contribution is 6.04. The van der Waals surface area contributed by atoms with Crippen LogP contribution in [-0.4, -0.2) is 55.0 Å². The van der Waals surface area contributed by atoms with Crippen molar-refractivity contribution >= 4 is 28.4 Å². The lowest BCUT2D eigenvalue weighted by Gasteiger charge is -2.23. The van der Waals surface area contributed by atoms with Gasteiger partial charge in [-0.1, -0.05) is 42.0 Å². The molecular formula is C43H43N5O7. The first-order valence-electron chi connectivity index (χ1n) is 18.1. The van der Waals surface area contributed by atoms with Gasteiger partial charge < -0.3 is 38.9 Å². The Labute approximate surface area is 319 Å². The number of aryl methyl sites for hydroxylation is 1. The minimum absolute atomic E-state index is 0.0362. The van der Waals surface area contributed by atoms with Gasteiger partial charge >= 0.3 is 0 Å². The summed E-state index contributed by atoms with van der Waals surface area (Å²) >= 11 is 0. The van der Waals surface area contributed by atoms with Gasteiger partial charge in [0, 0.05) is 55.7 Å². The van der Waals surface area contributed by atoms with Crippen LogP contribution in [0.25, 0.3) is 22.0 Å². The smallest absolute Gasteiger partial charge is 0.262 e. The zero-order valence-corrected chi connectivity index (χ0v) is 31.3. The van der Waals surface area contributed by atoms with E-state index in [0.29, 0.717) is 72.1 Å². The van der Waals surface area contributed by atoms with Gasteiger partial charge in [-0.25, -0.2) is 9.97 Å². The SMILES string of the molecule is COc1ccc(CNc2nc3cc(OC)c(OC)cc3cc2Oc2ccc(NC(=O)c3cn(CC4CCOCC4)cc(-c4ccc(C)cc4)c3=O)nc2)cc1. The Morgan fingerprint density at radius 3 is 2.25 bits per heavy atom. The highest BCUT2D eigenvalue weighted by Gasteiger charge is 2.20. The summed E-state index contributed by atoms with van der Waals surface area (Å²) in [4.78, 5) is 36.8. The zero-order chi connectivity index (χ0) is 38.3. The molecule has 4 heterocycles. The van der Waals surface area contributed by atoms with Crippen LogP contribution in [0.5, 0.6) is 28.7 Å². The predicted octanol–water partition coefficient (Wildman–Crippen LogP) is 7.88. The summed E-state index contributed by atoms with van der Waals surface area (Å²) in [5.41, 5.74) is 3.68. The third-order valence-electron chi connectivity index (χ3n) is 9.61. The standard InChI is InChI=1S/C43H43N5O7/c1-27-5-9-30(10-6-27)34-25-48(24-29-15-17-54-18-16-29)26-35(41(34)49)43(50)47-40-14-13-33(23-44-40)55-39-20-31-19-37(52-3)38(53-4)21-36(31)46-42(39)45-22-28-7-11-32(51-2)12-8-28/h5-14,19-21,23,25-26,29H,15-18,22,24H2,1-4H3,(H,45,46)(H,44,47,50). The van der Waals surface area contributed by atoms with Gasteiger partial charge in [0.2, 0.25) is 5.43 Å². The number of aromatic nitrogens is 3. The quantitative estimate of drug-likeness (QED) is 0.120. The number of amides is 1. The molecule has 3 aromatic carbocycles. The van der Waals surface area contributed by atoms with E-state index in [4.69, 9.17) is 28.7 Å². The molecule has 2 N–H and O–H groups in total. The first-order valence-corrected chi connectivity index (χ1v) is 18.1. The Kier molecular flexibility index (Phi) is 11.2. The van der Waals surface area contributed by atoms with Crippen molar-refractivity contribution in [2.45, 2.75) is 32.9 Å². The largest absolute Gasteiger partial charge is 0.497 e. The molecule has 0 bridgehead atoms. The fourth-order valence-electron chi connectivity index (χ4n) is 6.50. The molecule has 1 fully saturated rings. The van der Waals surface area contributed by atoms with Gasteiger partial charge in [0.15, 0.2) is 23.1 Å². The third kappa shape index (κ3) is 8.71. The molecule has 0 saturated carbocycles. The number of benzene rings is 3. The van der Waals surface area contributed by atoms with E-state index in [1.54, 1.807) is 39.7 Å². The van der Waals surface area contributed by atoms with Crippen molar-refractivity contribution in [3.05, 3.63) is 124 Å². The molecule has 0 unspecified atom stereocenters. The molecule has 6 aromatic rings. The molecule has 1 aliphatic rings. The topological polar surface area (TPSA) is 135 Å². The number of hydrogen-bond acceptors (Lipinski definition) is 10. The Bertz CT molecular complexity index is 2340. The number of nitrogens with one attached hydrogen (secondary N) is 2. The zero-order valence-electron chi connectivity index (χ0n) is 31.3. The van der Waals surface area contributed by atoms with Crippen molar-refractivity contribution in [2.75, 3.05) is 45.2 Å². The molecule has 0 aliphatic carbocycles. The maximum Gasteiger partial charge on any atom is 0.262 e. The van der Waals surface area contributed by atoms with E-state index in [9.17, 15) is 9.59 Å². The number of nitrogens with zero attached hydrogens (tertiary/aromatic N) is 3. The average Bonchev–Trinajstić information content (AvgIpc) is 3.21. The maximum absolute atomic E-state index is 13.8. The number of ether oxygens (including phenoxy) is 5. The number of hydrogen-bond donors (Lipinski definition) is 2. The van der Waals surface area contributed by atoms with Crippen LogP contribution in [0.2, 0.25) is 0 Å². The van der Waals surface area contributed by atoms with E-state index >= 15 is 0 Å². The molecule has 12 nitrogen and oxygen atoms in total. The Balaban J connectivity index is 1.13. The number of carbonyl (C=O) groups excluding carboxylic acids is 1. The lowest BCUT2D eigenvalue weighted by Crippen LogP contribution is -2.27. The lowest BCUT2D eigenvalue weighted by molar-refractivity contribution is 0.0612. The van der Waals surface area contributed by atoms with E-state index in [2.05, 4.69) is 15.6 Å². The highest BCUT2D eigenvalue weighted by atomic mass is 16.5. The number of anilines is 2. The van der Waals surface area contributed by atoms with Crippen LogP contribution in [0, 0.1) is 12.8 Å². The summed E-state index contributed by atoms with van der Waals surface area (Å²) in [7, 11) is 4.79. The molecule has 0 atom stereocenters. The van der Waals surface area contributed by atoms with Gasteiger partial charge in [-0.05, 0) is 73.2 Å². The lowest BCUT2D eigenvalue weighted by atomic mass is 9.99. The number of pyridine rings is 3. The summed E-state index contributed by atoms with van der Waals surface area (Å²) in [6.07, 6.45) is 6.83. The molecular weight excluding hydrogens is 699 g/mol. The van der Waals surface area contributed by atoms with E-state index in [1.807, 2.05) is 84.4 Å². The Morgan fingerprint density at radius 2 is 1.56 bits per heavy atom. The van der Waals surface area contributed by atoms with E-state index in [1.165, 1.54) is 6.20 Å². The van der Waals surface area contributed by atoms with Gasteiger partial charge in [-0.3, -0.25) is 9.59 Å². The van der Waals surface area contributed by atoms with E-state index < -0.39 is 5.91 Å². The summed E-state index contributed by atoms with van der Waals surface area (Å²) in [6.45, 7) is 4.55. The molecule has 12 heteroatoms. The van der Waals surface area contributed by atoms with Crippen molar-refractivity contribution in [3.8, 4) is 39.9 Å². The minimum atomic E-state index is -0.547. The fourth-order valence-corrected chi connectivity index (χ4v) is 6.50. The summed E-state index contributed by atoms with van der Waals surface area (Å²) < 4.78 is 30.2. The molecule has 282 valence electrons. The van der Waals surface area contributed by atoms with Crippen LogP contribution in [0.15, 0.2) is 102 Å². The van der Waals surface area contributed by atoms with Gasteiger partial charge in [0.05, 0.1) is 33.0 Å². The summed E-state index contributed by atoms with van der Waals surface area (Å²) in [5.74, 6) is 3.34. The first-order chi connectivity index (χ1) is 26.8. The van der Waals surface area contributed by atoms with Crippen LogP contribution in [-0.2, 0) is 17.8 Å². The number of fused-ring (bicyclic) bond motifs is 1. The molecule has 1 amide bonds. The average molecular weight is 742 g/mol. The first kappa shape index (κ1) is 36.9. The number of rotatable bonds is 13. The van der Waals surface area contributed by atoms with Crippen LogP contribution in [0.3, 0.4) is 0 Å². The highest BCUT2D eigenvalue weighted by Crippen LogP contribution is 2.37. The monoisotopic (exact) mass is 741 g/mol. The predicted molar refractivity (Wildman–Crippen MR) is 212 cm³/mol. The summed E-state index contributed by atoms with van der Waals surface area (Å²) in [5, 5.41) is 6.98. The van der Waals surface area contributed by atoms with E-state index in [0.717, 1.165) is 40.7 Å². The van der Waals surface area contributed by atoms with Crippen molar-refractivity contribution in [2.24, 2.45) is 5.92 Å². The Hall–Kier alpha value is -6.40. The van der Waals surface area contributed by atoms with Crippen LogP contribution >= 0.6 is 0 Å². The van der Waals surface area contributed by atoms with Gasteiger partial charge in [0.25, 0.3) is 5.91 Å². The third-order valence-corrected chi connectivity index (χ3v) is 9.61. The second kappa shape index (κ2) is 16.7. The molecule has 55 heavy (non-hydrogen) atoms. The normalized spacial score (nSPS) is 12.9. The second-order valence-electron chi connectivity index (χ2n) is 13.4. The van der Waals surface area contributed by atoms with E-state index in [-0.39, 0.29) is 16.8 Å². The van der Waals surface area contributed by atoms with Gasteiger partial charge in [-0.2, -0.15) is 0 Å². The van der Waals surface area contributed by atoms with Crippen molar-refractivity contribution in [1.82, 2.24) is 14.5 Å². The number of carbonyl (C=O) groups is 1. The summed E-state index contributed by atoms with van der Waals surface area (Å²) in [6, 6.07) is 24.3. The van der Waals surface area contributed by atoms with Crippen molar-refractivity contribution in [3.63, 3.8) is 0 Å². The van der Waals surface area contributed by atoms with Crippen molar-refractivity contribution in [1.29, 1.82) is 0 Å². The molecule has 1 aliphatic heterocycles. The Morgan fingerprint density at radius 1 is 0.855 bits per heavy atom. The second-order valence-corrected chi connectivity index (χ2v) is 13.4. The van der Waals surface area contributed by atoms with Crippen LogP contribution in [0.1, 0.15) is 34.3 Å². The maximum atomic E-state index is 13.8. The van der Waals surface area contributed by atoms with Crippen LogP contribution in [0.4, 0.5) is 11.6 Å².